The molecule has 0 amide bonds. The van der Waals surface area contributed by atoms with Crippen LogP contribution in [-0.2, 0) is 4.79 Å². The molecule has 0 rings (SSSR count). The van der Waals surface area contributed by atoms with Gasteiger partial charge in [0.2, 0.25) is 0 Å². The third-order valence-electron chi connectivity index (χ3n) is 2.07. The smallest absolute Gasteiger partial charge is 0.320 e. The zero-order valence-corrected chi connectivity index (χ0v) is 8.13. The first-order chi connectivity index (χ1) is 5.61. The number of rotatable bonds is 6. The second kappa shape index (κ2) is 6.00. The fourth-order valence-electron chi connectivity index (χ4n) is 1.36. The van der Waals surface area contributed by atoms with E-state index in [1.165, 1.54) is 0 Å². The Labute approximate surface area is 74.2 Å². The van der Waals surface area contributed by atoms with E-state index in [1.807, 2.05) is 0 Å². The summed E-state index contributed by atoms with van der Waals surface area (Å²) in [5.74, 6) is -0.260. The zero-order chi connectivity index (χ0) is 9.56. The third kappa shape index (κ3) is 4.34. The van der Waals surface area contributed by atoms with Crippen molar-refractivity contribution in [2.45, 2.75) is 39.2 Å². The van der Waals surface area contributed by atoms with Gasteiger partial charge in [-0.1, -0.05) is 26.7 Å². The largest absolute Gasteiger partial charge is 0.480 e. The van der Waals surface area contributed by atoms with E-state index in [2.05, 4.69) is 19.2 Å². The Bertz CT molecular complexity index is 136. The molecule has 72 valence electrons. The number of carboxylic acids is 1. The topological polar surface area (TPSA) is 49.3 Å². The van der Waals surface area contributed by atoms with E-state index in [1.54, 1.807) is 7.05 Å². The average Bonchev–Trinajstić information content (AvgIpc) is 2.00. The first kappa shape index (κ1) is 11.4. The minimum absolute atomic E-state index is 0.383. The van der Waals surface area contributed by atoms with Gasteiger partial charge in [0.1, 0.15) is 6.04 Å². The molecule has 0 saturated carbocycles. The molecule has 0 radical (unpaired) electrons. The van der Waals surface area contributed by atoms with Crippen molar-refractivity contribution in [3.05, 3.63) is 0 Å². The first-order valence-electron chi connectivity index (χ1n) is 4.51. The van der Waals surface area contributed by atoms with E-state index >= 15 is 0 Å². The summed E-state index contributed by atoms with van der Waals surface area (Å²) in [6.07, 6.45) is 2.95. The van der Waals surface area contributed by atoms with Crippen LogP contribution in [0.25, 0.3) is 0 Å². The Balaban J connectivity index is 3.77. The number of hydrogen-bond acceptors (Lipinski definition) is 2. The van der Waals surface area contributed by atoms with Gasteiger partial charge in [-0.2, -0.15) is 0 Å². The summed E-state index contributed by atoms with van der Waals surface area (Å²) in [7, 11) is 1.69. The van der Waals surface area contributed by atoms with Gasteiger partial charge >= 0.3 is 5.97 Å². The molecule has 0 aliphatic heterocycles. The fraction of sp³-hybridized carbons (Fsp3) is 0.889. The van der Waals surface area contributed by atoms with Gasteiger partial charge in [0.15, 0.2) is 0 Å². The quantitative estimate of drug-likeness (QED) is 0.639. The standard InChI is InChI=1S/C9H19NO2/c1-4-5-7(2)6-8(10-3)9(11)12/h7-8,10H,4-6H2,1-3H3,(H,11,12)/t7?,8-/m0/s1. The number of likely N-dealkylation sites (N-methyl/N-ethyl adjacent to an activating group) is 1. The molecule has 0 heterocycles. The monoisotopic (exact) mass is 173 g/mol. The average molecular weight is 173 g/mol. The molecule has 2 N–H and O–H groups in total. The first-order valence-corrected chi connectivity index (χ1v) is 4.51. The van der Waals surface area contributed by atoms with E-state index in [4.69, 9.17) is 5.11 Å². The highest BCUT2D eigenvalue weighted by Gasteiger charge is 2.17. The Hall–Kier alpha value is -0.570. The zero-order valence-electron chi connectivity index (χ0n) is 8.13. The molecule has 0 saturated heterocycles. The Kier molecular flexibility index (Phi) is 5.72. The lowest BCUT2D eigenvalue weighted by molar-refractivity contribution is -0.139. The summed E-state index contributed by atoms with van der Waals surface area (Å²) in [6.45, 7) is 4.21. The van der Waals surface area contributed by atoms with Gasteiger partial charge in [0.05, 0.1) is 0 Å². The van der Waals surface area contributed by atoms with Gasteiger partial charge in [0.25, 0.3) is 0 Å². The van der Waals surface area contributed by atoms with E-state index in [0.717, 1.165) is 19.3 Å². The summed E-state index contributed by atoms with van der Waals surface area (Å²) in [5, 5.41) is 11.5. The fourth-order valence-corrected chi connectivity index (χ4v) is 1.36. The van der Waals surface area contributed by atoms with E-state index in [9.17, 15) is 4.79 Å². The molecule has 1 unspecified atom stereocenters. The lowest BCUT2D eigenvalue weighted by Crippen LogP contribution is -2.35. The normalized spacial score (nSPS) is 15.6. The molecular formula is C9H19NO2. The van der Waals surface area contributed by atoms with Crippen molar-refractivity contribution in [1.29, 1.82) is 0 Å². The molecule has 3 heteroatoms. The summed E-state index contributed by atoms with van der Waals surface area (Å²) in [4.78, 5) is 10.6. The van der Waals surface area contributed by atoms with Gasteiger partial charge in [-0.3, -0.25) is 4.79 Å². The predicted molar refractivity (Wildman–Crippen MR) is 49.2 cm³/mol. The van der Waals surface area contributed by atoms with Crippen LogP contribution in [0.4, 0.5) is 0 Å². The lowest BCUT2D eigenvalue weighted by Gasteiger charge is -2.15. The predicted octanol–water partition coefficient (Wildman–Crippen LogP) is 1.49. The van der Waals surface area contributed by atoms with Crippen LogP contribution < -0.4 is 5.32 Å². The Morgan fingerprint density at radius 2 is 2.17 bits per heavy atom. The molecule has 2 atom stereocenters. The van der Waals surface area contributed by atoms with Crippen LogP contribution in [0, 0.1) is 5.92 Å². The molecule has 0 bridgehead atoms. The van der Waals surface area contributed by atoms with Crippen molar-refractivity contribution in [2.75, 3.05) is 7.05 Å². The second-order valence-electron chi connectivity index (χ2n) is 3.31. The Morgan fingerprint density at radius 1 is 1.58 bits per heavy atom. The minimum atomic E-state index is -0.750. The molecule has 0 aromatic carbocycles. The maximum Gasteiger partial charge on any atom is 0.320 e. The maximum atomic E-state index is 10.6. The van der Waals surface area contributed by atoms with Crippen LogP contribution >= 0.6 is 0 Å². The molecule has 0 fully saturated rings. The van der Waals surface area contributed by atoms with Crippen LogP contribution in [0.15, 0.2) is 0 Å². The summed E-state index contributed by atoms with van der Waals surface area (Å²) in [6, 6.07) is -0.383. The van der Waals surface area contributed by atoms with Crippen LogP contribution in [0.5, 0.6) is 0 Å². The van der Waals surface area contributed by atoms with Gasteiger partial charge in [-0.05, 0) is 19.4 Å². The molecule has 0 aliphatic carbocycles. The highest BCUT2D eigenvalue weighted by atomic mass is 16.4. The van der Waals surface area contributed by atoms with Gasteiger partial charge < -0.3 is 10.4 Å². The second-order valence-corrected chi connectivity index (χ2v) is 3.31. The summed E-state index contributed by atoms with van der Waals surface area (Å²) in [5.41, 5.74) is 0. The molecule has 0 aromatic heterocycles. The number of hydrogen-bond donors (Lipinski definition) is 2. The van der Waals surface area contributed by atoms with Gasteiger partial charge in [-0.25, -0.2) is 0 Å². The summed E-state index contributed by atoms with van der Waals surface area (Å²) >= 11 is 0. The van der Waals surface area contributed by atoms with Crippen molar-refractivity contribution >= 4 is 5.97 Å². The van der Waals surface area contributed by atoms with Crippen molar-refractivity contribution < 1.29 is 9.90 Å². The van der Waals surface area contributed by atoms with Crippen LogP contribution in [-0.4, -0.2) is 24.2 Å². The van der Waals surface area contributed by atoms with E-state index in [-0.39, 0.29) is 6.04 Å². The molecular weight excluding hydrogens is 154 g/mol. The van der Waals surface area contributed by atoms with Gasteiger partial charge in [-0.15, -0.1) is 0 Å². The number of nitrogens with one attached hydrogen (secondary N) is 1. The molecule has 3 nitrogen and oxygen atoms in total. The van der Waals surface area contributed by atoms with Crippen molar-refractivity contribution in [2.24, 2.45) is 5.92 Å². The van der Waals surface area contributed by atoms with Crippen LogP contribution in [0.3, 0.4) is 0 Å². The van der Waals surface area contributed by atoms with E-state index in [0.29, 0.717) is 5.92 Å². The number of carboxylic acid groups (broad SMARTS) is 1. The minimum Gasteiger partial charge on any atom is -0.480 e. The Morgan fingerprint density at radius 3 is 2.50 bits per heavy atom. The van der Waals surface area contributed by atoms with Crippen LogP contribution in [0.2, 0.25) is 0 Å². The summed E-state index contributed by atoms with van der Waals surface area (Å²) < 4.78 is 0. The van der Waals surface area contributed by atoms with Crippen molar-refractivity contribution in [1.82, 2.24) is 5.32 Å². The molecule has 12 heavy (non-hydrogen) atoms. The van der Waals surface area contributed by atoms with E-state index < -0.39 is 5.97 Å². The van der Waals surface area contributed by atoms with Gasteiger partial charge in [0, 0.05) is 0 Å². The number of carbonyl (C=O) groups is 1. The van der Waals surface area contributed by atoms with Crippen LogP contribution in [0.1, 0.15) is 33.1 Å². The molecule has 0 spiro atoms. The molecule has 0 aromatic rings. The van der Waals surface area contributed by atoms with Crippen molar-refractivity contribution in [3.63, 3.8) is 0 Å². The molecule has 0 aliphatic rings. The lowest BCUT2D eigenvalue weighted by atomic mass is 9.97. The van der Waals surface area contributed by atoms with Crippen molar-refractivity contribution in [3.8, 4) is 0 Å². The number of aliphatic carboxylic acids is 1. The third-order valence-corrected chi connectivity index (χ3v) is 2.07. The highest BCUT2D eigenvalue weighted by molar-refractivity contribution is 5.73. The SMILES string of the molecule is CCCC(C)C[C@H](NC)C(=O)O. The highest BCUT2D eigenvalue weighted by Crippen LogP contribution is 2.12. The maximum absolute atomic E-state index is 10.6.